The van der Waals surface area contributed by atoms with Gasteiger partial charge in [-0.15, -0.1) is 0 Å². The van der Waals surface area contributed by atoms with E-state index in [4.69, 9.17) is 0 Å². The van der Waals surface area contributed by atoms with Crippen LogP contribution in [0.2, 0.25) is 0 Å². The molecule has 24 heavy (non-hydrogen) atoms. The molecule has 4 rings (SSSR count). The number of hydrogen-bond donors (Lipinski definition) is 2. The fraction of sp³-hybridized carbons (Fsp3) is 0.471. The molecule has 2 aliphatic heterocycles. The lowest BCUT2D eigenvalue weighted by Gasteiger charge is -2.28. The van der Waals surface area contributed by atoms with Crippen molar-refractivity contribution in [2.75, 3.05) is 13.1 Å². The van der Waals surface area contributed by atoms with Crippen molar-refractivity contribution in [3.8, 4) is 0 Å². The second kappa shape index (κ2) is 6.94. The van der Waals surface area contributed by atoms with Crippen LogP contribution in [-0.4, -0.2) is 51.2 Å². The van der Waals surface area contributed by atoms with Gasteiger partial charge in [-0.1, -0.05) is 23.9 Å². The average Bonchev–Trinajstić information content (AvgIpc) is 3.19. The van der Waals surface area contributed by atoms with Gasteiger partial charge in [-0.05, 0) is 43.5 Å². The van der Waals surface area contributed by atoms with Gasteiger partial charge in [-0.2, -0.15) is 5.10 Å². The van der Waals surface area contributed by atoms with Gasteiger partial charge in [0.2, 0.25) is 0 Å². The molecule has 2 N–H and O–H groups in total. The van der Waals surface area contributed by atoms with Crippen LogP contribution < -0.4 is 5.32 Å². The predicted molar refractivity (Wildman–Crippen MR) is 92.9 cm³/mol. The topological polar surface area (TPSA) is 73.9 Å². The minimum Gasteiger partial charge on any atom is -0.331 e. The summed E-state index contributed by atoms with van der Waals surface area (Å²) < 4.78 is 0. The Balaban J connectivity index is 1.43. The molecule has 6 nitrogen and oxygen atoms in total. The molecule has 1 amide bonds. The van der Waals surface area contributed by atoms with Crippen LogP contribution in [0.25, 0.3) is 0 Å². The van der Waals surface area contributed by atoms with Crippen LogP contribution >= 0.6 is 11.8 Å². The van der Waals surface area contributed by atoms with E-state index in [-0.39, 0.29) is 5.91 Å². The number of amides is 1. The Labute approximate surface area is 145 Å². The molecule has 0 spiro atoms. The summed E-state index contributed by atoms with van der Waals surface area (Å²) >= 11 is 1.60. The molecule has 2 fully saturated rings. The summed E-state index contributed by atoms with van der Waals surface area (Å²) in [5.74, 6) is 0.989. The third-order valence-electron chi connectivity index (χ3n) is 4.86. The zero-order chi connectivity index (χ0) is 16.4. The number of H-pyrrole nitrogens is 1. The van der Waals surface area contributed by atoms with Crippen molar-refractivity contribution >= 4 is 17.7 Å². The van der Waals surface area contributed by atoms with Gasteiger partial charge in [0.05, 0.1) is 0 Å². The molecule has 3 heterocycles. The van der Waals surface area contributed by atoms with E-state index in [1.807, 2.05) is 24.3 Å². The fourth-order valence-electron chi connectivity index (χ4n) is 3.62. The Morgan fingerprint density at radius 3 is 2.83 bits per heavy atom. The first kappa shape index (κ1) is 15.7. The number of aromatic nitrogens is 3. The molecular formula is C17H21N5OS. The van der Waals surface area contributed by atoms with E-state index in [0.717, 1.165) is 48.8 Å². The van der Waals surface area contributed by atoms with E-state index in [2.05, 4.69) is 25.4 Å². The zero-order valence-electron chi connectivity index (χ0n) is 13.4. The number of hydrogen-bond acceptors (Lipinski definition) is 5. The fourth-order valence-corrected chi connectivity index (χ4v) is 4.36. The van der Waals surface area contributed by atoms with E-state index in [1.54, 1.807) is 11.8 Å². The number of fused-ring (bicyclic) bond motifs is 2. The van der Waals surface area contributed by atoms with Crippen LogP contribution in [0.1, 0.15) is 35.2 Å². The highest BCUT2D eigenvalue weighted by atomic mass is 32.2. The molecule has 7 heteroatoms. The number of thioether (sulfide) groups is 1. The number of nitrogens with zero attached hydrogens (tertiary/aromatic N) is 3. The largest absolute Gasteiger partial charge is 0.331 e. The number of benzene rings is 1. The maximum Gasteiger partial charge on any atom is 0.254 e. The Morgan fingerprint density at radius 2 is 2.04 bits per heavy atom. The van der Waals surface area contributed by atoms with Crippen molar-refractivity contribution in [3.05, 3.63) is 41.7 Å². The van der Waals surface area contributed by atoms with Crippen LogP contribution in [0.5, 0.6) is 0 Å². The van der Waals surface area contributed by atoms with Crippen molar-refractivity contribution < 1.29 is 4.79 Å². The second-order valence-electron chi connectivity index (χ2n) is 6.37. The minimum absolute atomic E-state index is 0.181. The SMILES string of the molecule is O=C(c1ccc(CSc2ncn[nH]2)cc1)N1C2CCNCC1CC2. The molecular weight excluding hydrogens is 322 g/mol. The van der Waals surface area contributed by atoms with Gasteiger partial charge < -0.3 is 10.2 Å². The summed E-state index contributed by atoms with van der Waals surface area (Å²) in [5.41, 5.74) is 1.97. The number of carbonyl (C=O) groups excluding carboxylic acids is 1. The van der Waals surface area contributed by atoms with Crippen molar-refractivity contribution in [2.45, 2.75) is 42.3 Å². The van der Waals surface area contributed by atoms with Crippen LogP contribution in [0.15, 0.2) is 35.7 Å². The highest BCUT2D eigenvalue weighted by Crippen LogP contribution is 2.29. The maximum absolute atomic E-state index is 12.9. The molecule has 1 aromatic carbocycles. The molecule has 2 aliphatic rings. The Hall–Kier alpha value is -1.86. The monoisotopic (exact) mass is 343 g/mol. The van der Waals surface area contributed by atoms with Crippen molar-refractivity contribution in [1.29, 1.82) is 0 Å². The van der Waals surface area contributed by atoms with E-state index in [0.29, 0.717) is 12.1 Å². The summed E-state index contributed by atoms with van der Waals surface area (Å²) in [7, 11) is 0. The van der Waals surface area contributed by atoms with Gasteiger partial charge in [0.1, 0.15) is 6.33 Å². The van der Waals surface area contributed by atoms with Crippen LogP contribution in [0.4, 0.5) is 0 Å². The van der Waals surface area contributed by atoms with E-state index in [1.165, 1.54) is 11.9 Å². The highest BCUT2D eigenvalue weighted by molar-refractivity contribution is 7.98. The minimum atomic E-state index is 0.181. The van der Waals surface area contributed by atoms with Crippen molar-refractivity contribution in [2.24, 2.45) is 0 Å². The molecule has 0 aliphatic carbocycles. The average molecular weight is 343 g/mol. The van der Waals surface area contributed by atoms with Gasteiger partial charge in [0.15, 0.2) is 5.16 Å². The first-order valence-corrected chi connectivity index (χ1v) is 9.40. The molecule has 2 bridgehead atoms. The lowest BCUT2D eigenvalue weighted by molar-refractivity contribution is 0.0680. The molecule has 2 aromatic rings. The van der Waals surface area contributed by atoms with Crippen molar-refractivity contribution in [3.63, 3.8) is 0 Å². The summed E-state index contributed by atoms with van der Waals surface area (Å²) in [6.07, 6.45) is 4.84. The van der Waals surface area contributed by atoms with Gasteiger partial charge in [-0.3, -0.25) is 9.89 Å². The van der Waals surface area contributed by atoms with E-state index in [9.17, 15) is 4.79 Å². The normalized spacial score (nSPS) is 23.2. The molecule has 2 atom stereocenters. The van der Waals surface area contributed by atoms with Gasteiger partial charge in [0.25, 0.3) is 5.91 Å². The summed E-state index contributed by atoms with van der Waals surface area (Å²) in [6.45, 7) is 1.94. The summed E-state index contributed by atoms with van der Waals surface area (Å²) in [6, 6.07) is 8.74. The molecule has 0 saturated carbocycles. The van der Waals surface area contributed by atoms with Gasteiger partial charge in [-0.25, -0.2) is 4.98 Å². The lowest BCUT2D eigenvalue weighted by Crippen LogP contribution is -2.42. The summed E-state index contributed by atoms with van der Waals surface area (Å²) in [4.78, 5) is 19.2. The van der Waals surface area contributed by atoms with E-state index >= 15 is 0 Å². The third kappa shape index (κ3) is 3.18. The second-order valence-corrected chi connectivity index (χ2v) is 7.33. The maximum atomic E-state index is 12.9. The molecule has 126 valence electrons. The smallest absolute Gasteiger partial charge is 0.254 e. The van der Waals surface area contributed by atoms with Gasteiger partial charge >= 0.3 is 0 Å². The zero-order valence-corrected chi connectivity index (χ0v) is 14.3. The molecule has 2 unspecified atom stereocenters. The van der Waals surface area contributed by atoms with Crippen LogP contribution in [-0.2, 0) is 5.75 Å². The number of carbonyl (C=O) groups is 1. The van der Waals surface area contributed by atoms with Gasteiger partial charge in [0, 0.05) is 29.9 Å². The first-order valence-electron chi connectivity index (χ1n) is 8.42. The summed E-state index contributed by atoms with van der Waals surface area (Å²) in [5, 5.41) is 10.9. The number of nitrogens with one attached hydrogen (secondary N) is 2. The highest BCUT2D eigenvalue weighted by Gasteiger charge is 2.38. The lowest BCUT2D eigenvalue weighted by atomic mass is 10.1. The first-order chi connectivity index (χ1) is 11.8. The standard InChI is InChI=1S/C17H21N5OS/c23-16(22-14-5-6-15(22)9-18-8-7-14)13-3-1-12(2-4-13)10-24-17-19-11-20-21-17/h1-4,11,14-15,18H,5-10H2,(H,19,20,21). The number of rotatable bonds is 4. The number of aromatic amines is 1. The molecule has 2 saturated heterocycles. The Morgan fingerprint density at radius 1 is 1.21 bits per heavy atom. The molecule has 1 aromatic heterocycles. The Bertz CT molecular complexity index is 674. The van der Waals surface area contributed by atoms with Crippen molar-refractivity contribution in [1.82, 2.24) is 25.4 Å². The van der Waals surface area contributed by atoms with Crippen LogP contribution in [0.3, 0.4) is 0 Å². The van der Waals surface area contributed by atoms with E-state index < -0.39 is 0 Å². The molecule has 0 radical (unpaired) electrons. The third-order valence-corrected chi connectivity index (χ3v) is 5.81. The van der Waals surface area contributed by atoms with Crippen LogP contribution in [0, 0.1) is 0 Å². The quantitative estimate of drug-likeness (QED) is 0.832. The Kier molecular flexibility index (Phi) is 4.53. The predicted octanol–water partition coefficient (Wildman–Crippen LogP) is 2.06.